The van der Waals surface area contributed by atoms with Gasteiger partial charge >= 0.3 is 5.97 Å². The third kappa shape index (κ3) is 2.07. The Bertz CT molecular complexity index is 326. The largest absolute Gasteiger partial charge is 0.458 e. The molecule has 0 radical (unpaired) electrons. The van der Waals surface area contributed by atoms with E-state index in [4.69, 9.17) is 4.74 Å². The number of hydrogen-bond donors (Lipinski definition) is 1. The molecule has 3 nitrogen and oxygen atoms in total. The van der Waals surface area contributed by atoms with E-state index in [1.165, 1.54) is 12.8 Å². The molecule has 0 saturated heterocycles. The van der Waals surface area contributed by atoms with Gasteiger partial charge in [0.2, 0.25) is 0 Å². The van der Waals surface area contributed by atoms with E-state index in [1.54, 1.807) is 0 Å². The van der Waals surface area contributed by atoms with Crippen LogP contribution in [0.15, 0.2) is 0 Å². The zero-order valence-electron chi connectivity index (χ0n) is 12.3. The molecule has 0 unspecified atom stereocenters. The summed E-state index contributed by atoms with van der Waals surface area (Å²) < 4.78 is 5.76. The first-order chi connectivity index (χ1) is 8.41. The first-order valence-electron chi connectivity index (χ1n) is 7.43. The third-order valence-corrected chi connectivity index (χ3v) is 5.79. The quantitative estimate of drug-likeness (QED) is 0.599. The van der Waals surface area contributed by atoms with Gasteiger partial charge in [-0.3, -0.25) is 0 Å². The van der Waals surface area contributed by atoms with Gasteiger partial charge in [-0.1, -0.05) is 27.7 Å². The highest BCUT2D eigenvalue weighted by atomic mass is 16.5. The second-order valence-electron chi connectivity index (χ2n) is 6.87. The number of carbonyl (C=O) groups is 1. The van der Waals surface area contributed by atoms with Crippen molar-refractivity contribution in [1.29, 1.82) is 0 Å². The number of rotatable bonds is 5. The van der Waals surface area contributed by atoms with Crippen LogP contribution in [0.5, 0.6) is 0 Å². The van der Waals surface area contributed by atoms with Crippen LogP contribution >= 0.6 is 0 Å². The van der Waals surface area contributed by atoms with E-state index >= 15 is 0 Å². The van der Waals surface area contributed by atoms with Gasteiger partial charge in [0.1, 0.15) is 6.10 Å². The summed E-state index contributed by atoms with van der Waals surface area (Å²) in [6, 6.07) is 0. The average Bonchev–Trinajstić information content (AvgIpc) is 2.62. The summed E-state index contributed by atoms with van der Waals surface area (Å²) in [6.45, 7) is 10.6. The molecule has 3 atom stereocenters. The molecule has 0 aromatic carbocycles. The molecule has 0 heterocycles. The minimum atomic E-state index is -0.0296. The van der Waals surface area contributed by atoms with Crippen LogP contribution in [-0.2, 0) is 9.53 Å². The number of quaternary nitrogens is 1. The van der Waals surface area contributed by atoms with Crippen molar-refractivity contribution in [3.05, 3.63) is 0 Å². The van der Waals surface area contributed by atoms with E-state index in [0.29, 0.717) is 12.0 Å². The summed E-state index contributed by atoms with van der Waals surface area (Å²) in [4.78, 5) is 11.8. The summed E-state index contributed by atoms with van der Waals surface area (Å²) >= 11 is 0. The SMILES string of the molecule is CCC[NH2+]CC(=O)O[C@@H]1C[C@@H]2CC[C@@]1(C)C2(C)C. The Morgan fingerprint density at radius 1 is 1.39 bits per heavy atom. The molecular formula is C15H28NO2+. The van der Waals surface area contributed by atoms with E-state index < -0.39 is 0 Å². The maximum Gasteiger partial charge on any atom is 0.361 e. The molecule has 0 aliphatic heterocycles. The zero-order chi connectivity index (χ0) is 13.4. The topological polar surface area (TPSA) is 42.9 Å². The second-order valence-corrected chi connectivity index (χ2v) is 6.87. The fraction of sp³-hybridized carbons (Fsp3) is 0.933. The van der Waals surface area contributed by atoms with Gasteiger partial charge in [0, 0.05) is 5.41 Å². The van der Waals surface area contributed by atoms with Crippen LogP contribution < -0.4 is 5.32 Å². The van der Waals surface area contributed by atoms with E-state index in [2.05, 4.69) is 27.7 Å². The number of ether oxygens (including phenoxy) is 1. The number of nitrogens with two attached hydrogens (primary N) is 1. The smallest absolute Gasteiger partial charge is 0.361 e. The minimum absolute atomic E-state index is 0.0296. The van der Waals surface area contributed by atoms with E-state index in [9.17, 15) is 4.79 Å². The zero-order valence-corrected chi connectivity index (χ0v) is 12.3. The number of carbonyl (C=O) groups excluding carboxylic acids is 1. The molecule has 0 aromatic rings. The predicted octanol–water partition coefficient (Wildman–Crippen LogP) is 1.72. The van der Waals surface area contributed by atoms with Gasteiger partial charge < -0.3 is 10.1 Å². The highest BCUT2D eigenvalue weighted by Crippen LogP contribution is 2.66. The standard InChI is InChI=1S/C15H27NO2/c1-5-8-16-10-13(17)18-12-9-11-6-7-15(12,4)14(11,2)3/h11-12,16H,5-10H2,1-4H3/p+1/t11-,12+,15+/m0/s1. The van der Waals surface area contributed by atoms with Crippen LogP contribution in [0.4, 0.5) is 0 Å². The van der Waals surface area contributed by atoms with Crippen molar-refractivity contribution in [3.63, 3.8) is 0 Å². The van der Waals surface area contributed by atoms with E-state index in [-0.39, 0.29) is 17.5 Å². The summed E-state index contributed by atoms with van der Waals surface area (Å²) in [7, 11) is 0. The molecular weight excluding hydrogens is 226 g/mol. The van der Waals surface area contributed by atoms with Gasteiger partial charge in [-0.2, -0.15) is 0 Å². The lowest BCUT2D eigenvalue weighted by Crippen LogP contribution is -2.86. The molecule has 3 heteroatoms. The van der Waals surface area contributed by atoms with Crippen LogP contribution in [0.1, 0.15) is 53.4 Å². The van der Waals surface area contributed by atoms with Crippen LogP contribution in [0.3, 0.4) is 0 Å². The molecule has 2 bridgehead atoms. The van der Waals surface area contributed by atoms with Gasteiger partial charge in [-0.05, 0) is 37.0 Å². The first-order valence-corrected chi connectivity index (χ1v) is 7.43. The molecule has 104 valence electrons. The van der Waals surface area contributed by atoms with Crippen molar-refractivity contribution in [2.24, 2.45) is 16.7 Å². The normalized spacial score (nSPS) is 36.9. The molecule has 2 fully saturated rings. The number of hydrogen-bond acceptors (Lipinski definition) is 2. The predicted molar refractivity (Wildman–Crippen MR) is 71.1 cm³/mol. The van der Waals surface area contributed by atoms with E-state index in [1.807, 2.05) is 5.32 Å². The lowest BCUT2D eigenvalue weighted by atomic mass is 9.70. The summed E-state index contributed by atoms with van der Waals surface area (Å²) in [5.41, 5.74) is 0.517. The number of fused-ring (bicyclic) bond motifs is 2. The Morgan fingerprint density at radius 3 is 2.61 bits per heavy atom. The Hall–Kier alpha value is -0.570. The Kier molecular flexibility index (Phi) is 3.72. The Balaban J connectivity index is 1.90. The summed E-state index contributed by atoms with van der Waals surface area (Å²) in [5.74, 6) is 0.706. The minimum Gasteiger partial charge on any atom is -0.458 e. The monoisotopic (exact) mass is 254 g/mol. The van der Waals surface area contributed by atoms with Gasteiger partial charge in [-0.25, -0.2) is 4.79 Å². The van der Waals surface area contributed by atoms with Crippen LogP contribution in [0.2, 0.25) is 0 Å². The maximum atomic E-state index is 11.8. The molecule has 2 aliphatic rings. The highest BCUT2D eigenvalue weighted by Gasteiger charge is 2.62. The second kappa shape index (κ2) is 4.84. The molecule has 18 heavy (non-hydrogen) atoms. The number of esters is 1. The summed E-state index contributed by atoms with van der Waals surface area (Å²) in [6.07, 6.45) is 4.83. The van der Waals surface area contributed by atoms with Crippen molar-refractivity contribution < 1.29 is 14.8 Å². The van der Waals surface area contributed by atoms with Crippen molar-refractivity contribution in [1.82, 2.24) is 0 Å². The Morgan fingerprint density at radius 2 is 2.11 bits per heavy atom. The maximum absolute atomic E-state index is 11.8. The van der Waals surface area contributed by atoms with E-state index in [0.717, 1.165) is 25.3 Å². The Labute approximate surface area is 111 Å². The van der Waals surface area contributed by atoms with Gasteiger partial charge in [0.25, 0.3) is 0 Å². The molecule has 2 rings (SSSR count). The highest BCUT2D eigenvalue weighted by molar-refractivity contribution is 5.70. The lowest BCUT2D eigenvalue weighted by molar-refractivity contribution is -0.645. The van der Waals surface area contributed by atoms with Crippen LogP contribution in [-0.4, -0.2) is 25.2 Å². The molecule has 2 aliphatic carbocycles. The third-order valence-electron chi connectivity index (χ3n) is 5.79. The lowest BCUT2D eigenvalue weighted by Gasteiger charge is -2.38. The van der Waals surface area contributed by atoms with Gasteiger partial charge in [-0.15, -0.1) is 0 Å². The van der Waals surface area contributed by atoms with Crippen LogP contribution in [0, 0.1) is 16.7 Å². The van der Waals surface area contributed by atoms with Crippen molar-refractivity contribution in [3.8, 4) is 0 Å². The molecule has 0 aromatic heterocycles. The molecule has 2 saturated carbocycles. The average molecular weight is 254 g/mol. The molecule has 0 amide bonds. The van der Waals surface area contributed by atoms with Gasteiger partial charge in [0.05, 0.1) is 6.54 Å². The summed E-state index contributed by atoms with van der Waals surface area (Å²) in [5, 5.41) is 2.04. The molecule has 0 spiro atoms. The first kappa shape index (κ1) is 13.9. The van der Waals surface area contributed by atoms with Crippen LogP contribution in [0.25, 0.3) is 0 Å². The van der Waals surface area contributed by atoms with Crippen molar-refractivity contribution in [2.75, 3.05) is 13.1 Å². The molecule has 2 N–H and O–H groups in total. The van der Waals surface area contributed by atoms with Gasteiger partial charge in [0.15, 0.2) is 6.54 Å². The van der Waals surface area contributed by atoms with Crippen molar-refractivity contribution >= 4 is 5.97 Å². The van der Waals surface area contributed by atoms with Crippen molar-refractivity contribution in [2.45, 2.75) is 59.5 Å². The fourth-order valence-electron chi connectivity index (χ4n) is 3.94. The fourth-order valence-corrected chi connectivity index (χ4v) is 3.94.